The van der Waals surface area contributed by atoms with Crippen LogP contribution in [0.25, 0.3) is 10.8 Å². The molecule has 2 aromatic carbocycles. The van der Waals surface area contributed by atoms with E-state index < -0.39 is 17.8 Å². The molecule has 0 radical (unpaired) electrons. The first-order valence-corrected chi connectivity index (χ1v) is 9.89. The Bertz CT molecular complexity index is 1050. The van der Waals surface area contributed by atoms with Crippen LogP contribution in [0.15, 0.2) is 42.6 Å². The average Bonchev–Trinajstić information content (AvgIpc) is 3.20. The van der Waals surface area contributed by atoms with Crippen molar-refractivity contribution in [3.8, 4) is 5.75 Å². The highest BCUT2D eigenvalue weighted by Crippen LogP contribution is 2.35. The Morgan fingerprint density at radius 3 is 2.80 bits per heavy atom. The Morgan fingerprint density at radius 1 is 1.23 bits per heavy atom. The number of ether oxygens (including phenoxy) is 1. The molecule has 1 fully saturated rings. The second-order valence-corrected chi connectivity index (χ2v) is 7.56. The van der Waals surface area contributed by atoms with Crippen molar-refractivity contribution in [3.63, 3.8) is 0 Å². The Balaban J connectivity index is 1.63. The predicted octanol–water partition coefficient (Wildman–Crippen LogP) is 4.87. The molecule has 3 aromatic rings. The zero-order valence-corrected chi connectivity index (χ0v) is 16.8. The van der Waals surface area contributed by atoms with E-state index in [1.807, 2.05) is 25.1 Å². The van der Waals surface area contributed by atoms with E-state index >= 15 is 0 Å². The average molecular weight is 416 g/mol. The minimum Gasteiger partial charge on any atom is -0.489 e. The summed E-state index contributed by atoms with van der Waals surface area (Å²) < 4.78 is 45.9. The van der Waals surface area contributed by atoms with Crippen LogP contribution in [0.3, 0.4) is 0 Å². The molecule has 0 saturated carbocycles. The van der Waals surface area contributed by atoms with Crippen LogP contribution in [-0.2, 0) is 6.18 Å². The number of nitrogens with one attached hydrogen (secondary N) is 2. The van der Waals surface area contributed by atoms with Crippen LogP contribution < -0.4 is 15.4 Å². The lowest BCUT2D eigenvalue weighted by atomic mass is 9.97. The summed E-state index contributed by atoms with van der Waals surface area (Å²) in [6, 6.07) is 9.54. The van der Waals surface area contributed by atoms with Crippen molar-refractivity contribution in [3.05, 3.63) is 59.3 Å². The van der Waals surface area contributed by atoms with E-state index in [-0.39, 0.29) is 11.7 Å². The zero-order chi connectivity index (χ0) is 21.3. The summed E-state index contributed by atoms with van der Waals surface area (Å²) in [7, 11) is 0. The zero-order valence-electron chi connectivity index (χ0n) is 16.8. The SMILES string of the molecule is Cc1c(C(C)Nc2nncc3ccc(O[C@H]4CCNC4)cc23)cccc1C(F)(F)F. The summed E-state index contributed by atoms with van der Waals surface area (Å²) in [5.74, 6) is 1.24. The van der Waals surface area contributed by atoms with E-state index in [9.17, 15) is 13.2 Å². The Kier molecular flexibility index (Phi) is 5.51. The molecule has 0 spiro atoms. The highest BCUT2D eigenvalue weighted by Gasteiger charge is 2.33. The molecule has 1 aliphatic rings. The van der Waals surface area contributed by atoms with Gasteiger partial charge in [-0.1, -0.05) is 12.1 Å². The molecule has 8 heteroatoms. The van der Waals surface area contributed by atoms with Gasteiger partial charge in [0.05, 0.1) is 17.8 Å². The molecule has 0 bridgehead atoms. The molecule has 2 N–H and O–H groups in total. The van der Waals surface area contributed by atoms with Crippen LogP contribution in [0.1, 0.15) is 36.1 Å². The van der Waals surface area contributed by atoms with Crippen molar-refractivity contribution in [2.45, 2.75) is 38.6 Å². The molecular formula is C22H23F3N4O. The summed E-state index contributed by atoms with van der Waals surface area (Å²) in [6.45, 7) is 5.05. The highest BCUT2D eigenvalue weighted by molar-refractivity contribution is 5.92. The third-order valence-electron chi connectivity index (χ3n) is 5.45. The van der Waals surface area contributed by atoms with Crippen LogP contribution >= 0.6 is 0 Å². The third-order valence-corrected chi connectivity index (χ3v) is 5.45. The van der Waals surface area contributed by atoms with Gasteiger partial charge in [0.2, 0.25) is 0 Å². The van der Waals surface area contributed by atoms with Crippen LogP contribution in [0.4, 0.5) is 19.0 Å². The molecule has 4 rings (SSSR count). The number of anilines is 1. The molecule has 1 aliphatic heterocycles. The van der Waals surface area contributed by atoms with Crippen molar-refractivity contribution >= 4 is 16.6 Å². The van der Waals surface area contributed by atoms with E-state index in [1.165, 1.54) is 13.0 Å². The monoisotopic (exact) mass is 416 g/mol. The molecule has 5 nitrogen and oxygen atoms in total. The van der Waals surface area contributed by atoms with Crippen LogP contribution in [0, 0.1) is 6.92 Å². The fraction of sp³-hybridized carbons (Fsp3) is 0.364. The summed E-state index contributed by atoms with van der Waals surface area (Å²) in [4.78, 5) is 0. The maximum atomic E-state index is 13.3. The van der Waals surface area contributed by atoms with Crippen molar-refractivity contribution in [2.75, 3.05) is 18.4 Å². The molecule has 2 heterocycles. The van der Waals surface area contributed by atoms with Crippen LogP contribution in [-0.4, -0.2) is 29.4 Å². The number of rotatable bonds is 5. The number of fused-ring (bicyclic) bond motifs is 1. The number of hydrogen-bond donors (Lipinski definition) is 2. The van der Waals surface area contributed by atoms with Gasteiger partial charge in [-0.15, -0.1) is 5.10 Å². The number of aromatic nitrogens is 2. The van der Waals surface area contributed by atoms with E-state index in [1.54, 1.807) is 12.3 Å². The van der Waals surface area contributed by atoms with Gasteiger partial charge in [0, 0.05) is 17.3 Å². The lowest BCUT2D eigenvalue weighted by Crippen LogP contribution is -2.19. The van der Waals surface area contributed by atoms with E-state index in [2.05, 4.69) is 20.8 Å². The van der Waals surface area contributed by atoms with Gasteiger partial charge in [-0.2, -0.15) is 18.3 Å². The van der Waals surface area contributed by atoms with Gasteiger partial charge >= 0.3 is 6.18 Å². The lowest BCUT2D eigenvalue weighted by molar-refractivity contribution is -0.138. The number of nitrogens with zero attached hydrogens (tertiary/aromatic N) is 2. The molecular weight excluding hydrogens is 393 g/mol. The molecule has 0 aliphatic carbocycles. The summed E-state index contributed by atoms with van der Waals surface area (Å²) in [5, 5.41) is 16.4. The number of hydrogen-bond acceptors (Lipinski definition) is 5. The van der Waals surface area contributed by atoms with Crippen molar-refractivity contribution in [1.82, 2.24) is 15.5 Å². The van der Waals surface area contributed by atoms with Crippen molar-refractivity contribution < 1.29 is 17.9 Å². The first kappa shape index (κ1) is 20.4. The maximum absolute atomic E-state index is 13.3. The number of alkyl halides is 3. The standard InChI is InChI=1S/C22H23F3N4O/c1-13-18(4-3-5-20(13)22(23,24)25)14(2)28-21-19-10-16(30-17-8-9-26-12-17)7-6-15(19)11-27-29-21/h3-7,10-11,14,17,26H,8-9,12H2,1-2H3,(H,28,29)/t14?,17-/m0/s1. The molecule has 2 atom stereocenters. The van der Waals surface area contributed by atoms with Crippen molar-refractivity contribution in [2.24, 2.45) is 0 Å². The molecule has 1 unspecified atom stereocenters. The maximum Gasteiger partial charge on any atom is 0.416 e. The topological polar surface area (TPSA) is 59.1 Å². The fourth-order valence-corrected chi connectivity index (χ4v) is 3.87. The van der Waals surface area contributed by atoms with Crippen molar-refractivity contribution in [1.29, 1.82) is 0 Å². The summed E-state index contributed by atoms with van der Waals surface area (Å²) >= 11 is 0. The summed E-state index contributed by atoms with van der Waals surface area (Å²) in [6.07, 6.45) is -1.66. The van der Waals surface area contributed by atoms with Gasteiger partial charge in [0.15, 0.2) is 5.82 Å². The largest absolute Gasteiger partial charge is 0.489 e. The Morgan fingerprint density at radius 2 is 2.07 bits per heavy atom. The quantitative estimate of drug-likeness (QED) is 0.621. The minimum atomic E-state index is -4.39. The van der Waals surface area contributed by atoms with E-state index in [0.29, 0.717) is 11.4 Å². The van der Waals surface area contributed by atoms with Gasteiger partial charge in [0.1, 0.15) is 11.9 Å². The minimum absolute atomic E-state index is 0.125. The van der Waals surface area contributed by atoms with Gasteiger partial charge in [-0.05, 0) is 62.2 Å². The van der Waals surface area contributed by atoms with Crippen LogP contribution in [0.5, 0.6) is 5.75 Å². The molecule has 30 heavy (non-hydrogen) atoms. The Hall–Kier alpha value is -2.87. The number of halogens is 3. The molecule has 1 aromatic heterocycles. The van der Waals surface area contributed by atoms with Crippen LogP contribution in [0.2, 0.25) is 0 Å². The fourth-order valence-electron chi connectivity index (χ4n) is 3.87. The second kappa shape index (κ2) is 8.10. The van der Waals surface area contributed by atoms with Gasteiger partial charge in [0.25, 0.3) is 0 Å². The van der Waals surface area contributed by atoms with E-state index in [0.717, 1.165) is 42.1 Å². The smallest absolute Gasteiger partial charge is 0.416 e. The van der Waals surface area contributed by atoms with Gasteiger partial charge in [-0.3, -0.25) is 0 Å². The van der Waals surface area contributed by atoms with Gasteiger partial charge < -0.3 is 15.4 Å². The summed E-state index contributed by atoms with van der Waals surface area (Å²) in [5.41, 5.74) is 0.141. The second-order valence-electron chi connectivity index (χ2n) is 7.56. The molecule has 0 amide bonds. The highest BCUT2D eigenvalue weighted by atomic mass is 19.4. The predicted molar refractivity (Wildman–Crippen MR) is 110 cm³/mol. The first-order valence-electron chi connectivity index (χ1n) is 9.89. The number of benzene rings is 2. The normalized spacial score (nSPS) is 17.8. The first-order chi connectivity index (χ1) is 14.3. The van der Waals surface area contributed by atoms with Gasteiger partial charge in [-0.25, -0.2) is 0 Å². The van der Waals surface area contributed by atoms with E-state index in [4.69, 9.17) is 4.74 Å². The Labute approximate surface area is 172 Å². The molecule has 158 valence electrons. The molecule has 1 saturated heterocycles. The lowest BCUT2D eigenvalue weighted by Gasteiger charge is -2.21. The third kappa shape index (κ3) is 4.18.